The van der Waals surface area contributed by atoms with Gasteiger partial charge in [-0.05, 0) is 12.1 Å². The van der Waals surface area contributed by atoms with E-state index in [0.29, 0.717) is 6.29 Å². The predicted molar refractivity (Wildman–Crippen MR) is 47.2 cm³/mol. The Balaban J connectivity index is 2.51. The van der Waals surface area contributed by atoms with Gasteiger partial charge >= 0.3 is 6.18 Å². The first-order valence-corrected chi connectivity index (χ1v) is 4.22. The van der Waals surface area contributed by atoms with Gasteiger partial charge in [-0.1, -0.05) is 0 Å². The lowest BCUT2D eigenvalue weighted by Gasteiger charge is -2.14. The highest BCUT2D eigenvalue weighted by molar-refractivity contribution is 5.71. The Labute approximate surface area is 88.7 Å². The molecule has 0 aliphatic carbocycles. The minimum atomic E-state index is -4.71. The largest absolute Gasteiger partial charge is 0.489 e. The quantitative estimate of drug-likeness (QED) is 0.796. The van der Waals surface area contributed by atoms with Crippen LogP contribution in [0.5, 0.6) is 5.75 Å². The molecule has 1 atom stereocenters. The number of ether oxygens (including phenoxy) is 1. The Bertz CT molecular complexity index is 350. The summed E-state index contributed by atoms with van der Waals surface area (Å²) < 4.78 is 40.3. The molecular weight excluding hydrogens is 227 g/mol. The van der Waals surface area contributed by atoms with Crippen molar-refractivity contribution in [3.05, 3.63) is 24.0 Å². The molecule has 1 unspecified atom stereocenters. The lowest BCUT2D eigenvalue weighted by Crippen LogP contribution is -2.34. The summed E-state index contributed by atoms with van der Waals surface area (Å²) in [7, 11) is 0. The van der Waals surface area contributed by atoms with Crippen molar-refractivity contribution in [2.24, 2.45) is 0 Å². The fourth-order valence-corrected chi connectivity index (χ4v) is 0.816. The number of nitrogens with zero attached hydrogens (tertiary/aromatic N) is 1. The third-order valence-corrected chi connectivity index (χ3v) is 1.67. The van der Waals surface area contributed by atoms with Crippen LogP contribution in [0.4, 0.5) is 13.2 Å². The van der Waals surface area contributed by atoms with E-state index in [1.54, 1.807) is 0 Å². The van der Waals surface area contributed by atoms with Crippen LogP contribution in [-0.4, -0.2) is 35.3 Å². The number of aliphatic hydroxyl groups is 1. The average molecular weight is 235 g/mol. The zero-order valence-electron chi connectivity index (χ0n) is 7.94. The summed E-state index contributed by atoms with van der Waals surface area (Å²) in [5.41, 5.74) is 0.142. The summed E-state index contributed by atoms with van der Waals surface area (Å²) in [5.74, 6) is 0.0499. The molecule has 88 valence electrons. The number of aliphatic hydroxyl groups excluding tert-OH is 1. The summed E-state index contributed by atoms with van der Waals surface area (Å²) in [6.07, 6.45) is -5.66. The molecule has 4 nitrogen and oxygen atoms in total. The smallest absolute Gasteiger partial charge is 0.417 e. The van der Waals surface area contributed by atoms with E-state index in [1.807, 2.05) is 0 Å². The molecular formula is C9H8F3NO3. The second-order valence-corrected chi connectivity index (χ2v) is 2.91. The Kier molecular flexibility index (Phi) is 3.83. The highest BCUT2D eigenvalue weighted by atomic mass is 19.4. The van der Waals surface area contributed by atoms with Crippen LogP contribution in [0, 0.1) is 0 Å². The summed E-state index contributed by atoms with van der Waals surface area (Å²) in [5, 5.41) is 8.62. The zero-order valence-corrected chi connectivity index (χ0v) is 7.94. The van der Waals surface area contributed by atoms with Gasteiger partial charge < -0.3 is 9.84 Å². The van der Waals surface area contributed by atoms with Crippen LogP contribution in [0.15, 0.2) is 18.3 Å². The zero-order chi connectivity index (χ0) is 12.2. The highest BCUT2D eigenvalue weighted by Gasteiger charge is 2.38. The molecule has 1 N–H and O–H groups in total. The number of aldehydes is 1. The summed E-state index contributed by atoms with van der Waals surface area (Å²) in [6.45, 7) is -0.911. The van der Waals surface area contributed by atoms with E-state index in [0.717, 1.165) is 6.20 Å². The van der Waals surface area contributed by atoms with Crippen molar-refractivity contribution >= 4 is 6.29 Å². The SMILES string of the molecule is O=Cc1ccc(OCC(O)C(F)(F)F)cn1. The van der Waals surface area contributed by atoms with E-state index >= 15 is 0 Å². The Hall–Kier alpha value is -1.63. The van der Waals surface area contributed by atoms with Crippen LogP contribution in [0.2, 0.25) is 0 Å². The van der Waals surface area contributed by atoms with Crippen molar-refractivity contribution in [1.82, 2.24) is 4.98 Å². The van der Waals surface area contributed by atoms with Gasteiger partial charge in [-0.15, -0.1) is 0 Å². The molecule has 1 aromatic rings. The Morgan fingerprint density at radius 1 is 1.50 bits per heavy atom. The van der Waals surface area contributed by atoms with Gasteiger partial charge in [-0.2, -0.15) is 13.2 Å². The van der Waals surface area contributed by atoms with Crippen molar-refractivity contribution in [2.75, 3.05) is 6.61 Å². The van der Waals surface area contributed by atoms with Crippen LogP contribution in [-0.2, 0) is 0 Å². The van der Waals surface area contributed by atoms with Crippen LogP contribution in [0.3, 0.4) is 0 Å². The fraction of sp³-hybridized carbons (Fsp3) is 0.333. The second-order valence-electron chi connectivity index (χ2n) is 2.91. The third-order valence-electron chi connectivity index (χ3n) is 1.67. The lowest BCUT2D eigenvalue weighted by molar-refractivity contribution is -0.210. The van der Waals surface area contributed by atoms with Gasteiger partial charge in [0.1, 0.15) is 18.1 Å². The molecule has 0 saturated heterocycles. The monoisotopic (exact) mass is 235 g/mol. The third kappa shape index (κ3) is 3.50. The molecule has 0 saturated carbocycles. The van der Waals surface area contributed by atoms with Crippen LogP contribution in [0.25, 0.3) is 0 Å². The van der Waals surface area contributed by atoms with Gasteiger partial charge in [0, 0.05) is 0 Å². The average Bonchev–Trinajstić information content (AvgIpc) is 2.25. The van der Waals surface area contributed by atoms with Gasteiger partial charge in [0.05, 0.1) is 6.20 Å². The number of alkyl halides is 3. The van der Waals surface area contributed by atoms with Crippen molar-refractivity contribution in [1.29, 1.82) is 0 Å². The second kappa shape index (κ2) is 4.93. The number of hydrogen-bond acceptors (Lipinski definition) is 4. The van der Waals surface area contributed by atoms with Crippen molar-refractivity contribution < 1.29 is 27.8 Å². The topological polar surface area (TPSA) is 59.4 Å². The number of pyridine rings is 1. The maximum atomic E-state index is 11.9. The molecule has 0 fully saturated rings. The van der Waals surface area contributed by atoms with E-state index < -0.39 is 18.9 Å². The first kappa shape index (κ1) is 12.4. The van der Waals surface area contributed by atoms with Gasteiger partial charge in [-0.25, -0.2) is 4.98 Å². The number of carbonyl (C=O) groups is 1. The molecule has 0 radical (unpaired) electrons. The van der Waals surface area contributed by atoms with Gasteiger partial charge in [0.2, 0.25) is 0 Å². The van der Waals surface area contributed by atoms with Crippen LogP contribution in [0.1, 0.15) is 10.5 Å². The minimum Gasteiger partial charge on any atom is -0.489 e. The molecule has 0 spiro atoms. The number of carbonyl (C=O) groups excluding carboxylic acids is 1. The lowest BCUT2D eigenvalue weighted by atomic mass is 10.3. The van der Waals surface area contributed by atoms with E-state index in [1.165, 1.54) is 12.1 Å². The van der Waals surface area contributed by atoms with Crippen molar-refractivity contribution in [2.45, 2.75) is 12.3 Å². The van der Waals surface area contributed by atoms with E-state index in [9.17, 15) is 18.0 Å². The Morgan fingerprint density at radius 2 is 2.19 bits per heavy atom. The summed E-state index contributed by atoms with van der Waals surface area (Å²) in [6, 6.07) is 2.59. The van der Waals surface area contributed by atoms with Gasteiger partial charge in [0.15, 0.2) is 12.4 Å². The molecule has 0 bridgehead atoms. The molecule has 0 amide bonds. The molecule has 1 rings (SSSR count). The maximum absolute atomic E-state index is 11.9. The summed E-state index contributed by atoms with van der Waals surface area (Å²) >= 11 is 0. The normalized spacial score (nSPS) is 13.2. The fourth-order valence-electron chi connectivity index (χ4n) is 0.816. The molecule has 7 heteroatoms. The van der Waals surface area contributed by atoms with Crippen LogP contribution < -0.4 is 4.74 Å². The maximum Gasteiger partial charge on any atom is 0.417 e. The molecule has 1 aromatic heterocycles. The molecule has 0 aliphatic rings. The Morgan fingerprint density at radius 3 is 2.62 bits per heavy atom. The van der Waals surface area contributed by atoms with E-state index in [-0.39, 0.29) is 11.4 Å². The first-order valence-electron chi connectivity index (χ1n) is 4.22. The highest BCUT2D eigenvalue weighted by Crippen LogP contribution is 2.20. The van der Waals surface area contributed by atoms with Crippen molar-refractivity contribution in [3.8, 4) is 5.75 Å². The summed E-state index contributed by atoms with van der Waals surface area (Å²) in [4.78, 5) is 13.8. The minimum absolute atomic E-state index is 0.0499. The molecule has 16 heavy (non-hydrogen) atoms. The number of hydrogen-bond donors (Lipinski definition) is 1. The van der Waals surface area contributed by atoms with E-state index in [4.69, 9.17) is 5.11 Å². The number of halogens is 3. The first-order chi connectivity index (χ1) is 7.43. The van der Waals surface area contributed by atoms with Crippen molar-refractivity contribution in [3.63, 3.8) is 0 Å². The number of rotatable bonds is 4. The van der Waals surface area contributed by atoms with E-state index in [2.05, 4.69) is 9.72 Å². The number of aromatic nitrogens is 1. The van der Waals surface area contributed by atoms with Crippen LogP contribution >= 0.6 is 0 Å². The molecule has 1 heterocycles. The van der Waals surface area contributed by atoms with Gasteiger partial charge in [0.25, 0.3) is 0 Å². The standard InChI is InChI=1S/C9H8F3NO3/c10-9(11,12)8(15)5-16-7-2-1-6(4-14)13-3-7/h1-4,8,15H,5H2. The predicted octanol–water partition coefficient (Wildman–Crippen LogP) is 1.20. The molecule has 0 aliphatic heterocycles. The van der Waals surface area contributed by atoms with Gasteiger partial charge in [-0.3, -0.25) is 4.79 Å². The molecule has 0 aromatic carbocycles.